The lowest BCUT2D eigenvalue weighted by molar-refractivity contribution is 0.868. The molecule has 0 bridgehead atoms. The quantitative estimate of drug-likeness (QED) is 0.835. The number of aryl methyl sites for hydroxylation is 2. The molecule has 0 aliphatic rings. The zero-order valence-electron chi connectivity index (χ0n) is 11.7. The fourth-order valence-corrected chi connectivity index (χ4v) is 3.51. The third kappa shape index (κ3) is 3.81. The normalized spacial score (nSPS) is 10.8. The molecule has 5 heteroatoms. The molecule has 0 aliphatic heterocycles. The van der Waals surface area contributed by atoms with Gasteiger partial charge in [-0.15, -0.1) is 11.8 Å². The maximum atomic E-state index is 5.62. The lowest BCUT2D eigenvalue weighted by Gasteiger charge is -2.10. The zero-order chi connectivity index (χ0) is 14.5. The Labute approximate surface area is 132 Å². The average molecular weight is 352 g/mol. The Bertz CT molecular complexity index is 578. The van der Waals surface area contributed by atoms with E-state index in [9.17, 15) is 0 Å². The Balaban J connectivity index is 2.13. The molecule has 2 aromatic rings. The van der Waals surface area contributed by atoms with E-state index in [1.807, 2.05) is 32.0 Å². The SMILES string of the molecule is Cc1nc(CSc2ccccc2Br)nc(C)c1CCN. The molecule has 0 radical (unpaired) electrons. The average Bonchev–Trinajstić information content (AvgIpc) is 2.42. The van der Waals surface area contributed by atoms with E-state index in [1.54, 1.807) is 11.8 Å². The van der Waals surface area contributed by atoms with Crippen LogP contribution in [0, 0.1) is 13.8 Å². The molecule has 3 nitrogen and oxygen atoms in total. The molecule has 0 atom stereocenters. The highest BCUT2D eigenvalue weighted by Gasteiger charge is 2.09. The summed E-state index contributed by atoms with van der Waals surface area (Å²) in [5, 5.41) is 0. The van der Waals surface area contributed by atoms with E-state index in [0.717, 1.165) is 33.9 Å². The van der Waals surface area contributed by atoms with E-state index in [-0.39, 0.29) is 0 Å². The van der Waals surface area contributed by atoms with E-state index in [1.165, 1.54) is 10.5 Å². The summed E-state index contributed by atoms with van der Waals surface area (Å²) in [6.07, 6.45) is 0.843. The predicted octanol–water partition coefficient (Wildman–Crippen LogP) is 3.65. The van der Waals surface area contributed by atoms with Gasteiger partial charge in [-0.05, 0) is 60.4 Å². The molecular formula is C15H18BrN3S. The minimum atomic E-state index is 0.635. The molecule has 20 heavy (non-hydrogen) atoms. The first-order chi connectivity index (χ1) is 9.61. The number of benzene rings is 1. The van der Waals surface area contributed by atoms with Crippen LogP contribution in [0.15, 0.2) is 33.6 Å². The number of nitrogens with zero attached hydrogens (tertiary/aromatic N) is 2. The summed E-state index contributed by atoms with van der Waals surface area (Å²) in [4.78, 5) is 10.4. The van der Waals surface area contributed by atoms with Crippen molar-refractivity contribution in [3.63, 3.8) is 0 Å². The van der Waals surface area contributed by atoms with Crippen LogP contribution in [0.4, 0.5) is 0 Å². The van der Waals surface area contributed by atoms with Crippen LogP contribution in [0.5, 0.6) is 0 Å². The predicted molar refractivity (Wildman–Crippen MR) is 88.0 cm³/mol. The minimum Gasteiger partial charge on any atom is -0.330 e. The molecule has 0 unspecified atom stereocenters. The number of rotatable bonds is 5. The Morgan fingerprint density at radius 2 is 1.80 bits per heavy atom. The van der Waals surface area contributed by atoms with Crippen LogP contribution in [0.1, 0.15) is 22.8 Å². The monoisotopic (exact) mass is 351 g/mol. The Morgan fingerprint density at radius 3 is 2.40 bits per heavy atom. The zero-order valence-corrected chi connectivity index (χ0v) is 14.1. The summed E-state index contributed by atoms with van der Waals surface area (Å²) in [5.74, 6) is 1.65. The third-order valence-electron chi connectivity index (χ3n) is 3.05. The van der Waals surface area contributed by atoms with Gasteiger partial charge in [0.15, 0.2) is 0 Å². The van der Waals surface area contributed by atoms with Crippen LogP contribution in [0.2, 0.25) is 0 Å². The van der Waals surface area contributed by atoms with Crippen molar-refractivity contribution < 1.29 is 0 Å². The molecule has 0 aliphatic carbocycles. The van der Waals surface area contributed by atoms with Crippen molar-refractivity contribution in [3.05, 3.63) is 51.5 Å². The molecule has 0 saturated heterocycles. The molecule has 1 heterocycles. The van der Waals surface area contributed by atoms with Crippen LogP contribution in [0.3, 0.4) is 0 Å². The van der Waals surface area contributed by atoms with Crippen molar-refractivity contribution in [1.82, 2.24) is 9.97 Å². The highest BCUT2D eigenvalue weighted by atomic mass is 79.9. The maximum Gasteiger partial charge on any atom is 0.139 e. The molecule has 1 aromatic carbocycles. The van der Waals surface area contributed by atoms with Crippen molar-refractivity contribution in [2.45, 2.75) is 30.9 Å². The van der Waals surface area contributed by atoms with E-state index >= 15 is 0 Å². The molecule has 0 amide bonds. The summed E-state index contributed by atoms with van der Waals surface area (Å²) in [7, 11) is 0. The first-order valence-electron chi connectivity index (χ1n) is 6.52. The smallest absolute Gasteiger partial charge is 0.139 e. The molecule has 2 N–H and O–H groups in total. The Kier molecular flexibility index (Phi) is 5.57. The van der Waals surface area contributed by atoms with Crippen molar-refractivity contribution in [3.8, 4) is 0 Å². The summed E-state index contributed by atoms with van der Waals surface area (Å²) >= 11 is 5.30. The van der Waals surface area contributed by atoms with Gasteiger partial charge in [0.2, 0.25) is 0 Å². The van der Waals surface area contributed by atoms with Gasteiger partial charge in [-0.25, -0.2) is 9.97 Å². The van der Waals surface area contributed by atoms with E-state index in [4.69, 9.17) is 5.73 Å². The van der Waals surface area contributed by atoms with Crippen LogP contribution in [-0.4, -0.2) is 16.5 Å². The van der Waals surface area contributed by atoms with Gasteiger partial charge in [0, 0.05) is 20.8 Å². The minimum absolute atomic E-state index is 0.635. The number of hydrogen-bond acceptors (Lipinski definition) is 4. The van der Waals surface area contributed by atoms with E-state index in [2.05, 4.69) is 32.0 Å². The van der Waals surface area contributed by atoms with Gasteiger partial charge in [0.05, 0.1) is 5.75 Å². The van der Waals surface area contributed by atoms with Gasteiger partial charge in [-0.2, -0.15) is 0 Å². The van der Waals surface area contributed by atoms with Gasteiger partial charge < -0.3 is 5.73 Å². The fraction of sp³-hybridized carbons (Fsp3) is 0.333. The first-order valence-corrected chi connectivity index (χ1v) is 8.30. The van der Waals surface area contributed by atoms with Gasteiger partial charge in [-0.3, -0.25) is 0 Å². The Morgan fingerprint density at radius 1 is 1.15 bits per heavy atom. The first kappa shape index (κ1) is 15.5. The topological polar surface area (TPSA) is 51.8 Å². The van der Waals surface area contributed by atoms with Crippen molar-refractivity contribution >= 4 is 27.7 Å². The highest BCUT2D eigenvalue weighted by Crippen LogP contribution is 2.29. The van der Waals surface area contributed by atoms with E-state index < -0.39 is 0 Å². The Hall–Kier alpha value is -0.910. The standard InChI is InChI=1S/C15H18BrN3S/c1-10-12(7-8-17)11(2)19-15(18-10)9-20-14-6-4-3-5-13(14)16/h3-6H,7-9,17H2,1-2H3. The number of halogens is 1. The van der Waals surface area contributed by atoms with Crippen LogP contribution in [-0.2, 0) is 12.2 Å². The fourth-order valence-electron chi connectivity index (χ4n) is 2.08. The summed E-state index contributed by atoms with van der Waals surface area (Å²) in [5.41, 5.74) is 8.90. The second-order valence-corrected chi connectivity index (χ2v) is 6.42. The maximum absolute atomic E-state index is 5.62. The van der Waals surface area contributed by atoms with Crippen molar-refractivity contribution in [1.29, 1.82) is 0 Å². The largest absolute Gasteiger partial charge is 0.330 e. The van der Waals surface area contributed by atoms with Crippen LogP contribution < -0.4 is 5.73 Å². The third-order valence-corrected chi connectivity index (χ3v) is 5.08. The molecule has 1 aromatic heterocycles. The molecule has 106 valence electrons. The second kappa shape index (κ2) is 7.20. The van der Waals surface area contributed by atoms with Gasteiger partial charge >= 0.3 is 0 Å². The highest BCUT2D eigenvalue weighted by molar-refractivity contribution is 9.10. The van der Waals surface area contributed by atoms with Crippen molar-refractivity contribution in [2.24, 2.45) is 5.73 Å². The lowest BCUT2D eigenvalue weighted by atomic mass is 10.1. The lowest BCUT2D eigenvalue weighted by Crippen LogP contribution is -2.10. The number of hydrogen-bond donors (Lipinski definition) is 1. The van der Waals surface area contributed by atoms with Gasteiger partial charge in [0.25, 0.3) is 0 Å². The van der Waals surface area contributed by atoms with Gasteiger partial charge in [-0.1, -0.05) is 12.1 Å². The molecule has 0 saturated carbocycles. The molecule has 2 rings (SSSR count). The summed E-state index contributed by atoms with van der Waals surface area (Å²) in [6.45, 7) is 4.70. The van der Waals surface area contributed by atoms with E-state index in [0.29, 0.717) is 6.54 Å². The van der Waals surface area contributed by atoms with Crippen LogP contribution >= 0.6 is 27.7 Å². The summed E-state index contributed by atoms with van der Waals surface area (Å²) in [6, 6.07) is 8.19. The number of thioether (sulfide) groups is 1. The second-order valence-electron chi connectivity index (χ2n) is 4.55. The number of nitrogens with two attached hydrogens (primary N) is 1. The molecule has 0 spiro atoms. The molecular weight excluding hydrogens is 334 g/mol. The summed E-state index contributed by atoms with van der Waals surface area (Å²) < 4.78 is 1.11. The molecule has 0 fully saturated rings. The number of aromatic nitrogens is 2. The van der Waals surface area contributed by atoms with Crippen molar-refractivity contribution in [2.75, 3.05) is 6.54 Å². The van der Waals surface area contributed by atoms with Gasteiger partial charge in [0.1, 0.15) is 5.82 Å². The van der Waals surface area contributed by atoms with Crippen LogP contribution in [0.25, 0.3) is 0 Å².